The highest BCUT2D eigenvalue weighted by Crippen LogP contribution is 2.19. The van der Waals surface area contributed by atoms with E-state index in [0.29, 0.717) is 18.0 Å². The van der Waals surface area contributed by atoms with Crippen LogP contribution in [0.15, 0.2) is 83.3 Å². The Bertz CT molecular complexity index is 1090. The van der Waals surface area contributed by atoms with Crippen LogP contribution in [0, 0.1) is 0 Å². The van der Waals surface area contributed by atoms with Crippen molar-refractivity contribution in [3.05, 3.63) is 105 Å². The lowest BCUT2D eigenvalue weighted by Gasteiger charge is -2.32. The minimum Gasteiger partial charge on any atom is -0.352 e. The molecule has 2 atom stereocenters. The zero-order valence-electron chi connectivity index (χ0n) is 19.5. The second kappa shape index (κ2) is 12.7. The van der Waals surface area contributed by atoms with E-state index in [1.807, 2.05) is 80.6 Å². The van der Waals surface area contributed by atoms with E-state index in [9.17, 15) is 9.59 Å². The molecule has 0 aromatic heterocycles. The zero-order chi connectivity index (χ0) is 24.5. The van der Waals surface area contributed by atoms with E-state index in [1.165, 1.54) is 0 Å². The number of nitrogens with zero attached hydrogens (tertiary/aromatic N) is 1. The van der Waals surface area contributed by atoms with Crippen LogP contribution in [0.25, 0.3) is 0 Å². The summed E-state index contributed by atoms with van der Waals surface area (Å²) in [6.07, 6.45) is 1.41. The van der Waals surface area contributed by atoms with Crippen LogP contribution in [0.4, 0.5) is 0 Å². The summed E-state index contributed by atoms with van der Waals surface area (Å²) >= 11 is 9.62. The molecule has 0 heterocycles. The van der Waals surface area contributed by atoms with Crippen LogP contribution in [-0.2, 0) is 29.0 Å². The van der Waals surface area contributed by atoms with Gasteiger partial charge in [-0.1, -0.05) is 89.1 Å². The summed E-state index contributed by atoms with van der Waals surface area (Å²) in [7, 11) is 0. The Morgan fingerprint density at radius 1 is 0.941 bits per heavy atom. The molecule has 34 heavy (non-hydrogen) atoms. The number of benzene rings is 3. The normalized spacial score (nSPS) is 12.6. The molecular formula is C28H30BrClN2O2. The largest absolute Gasteiger partial charge is 0.352 e. The van der Waals surface area contributed by atoms with Crippen LogP contribution in [-0.4, -0.2) is 28.8 Å². The number of amides is 2. The molecule has 6 heteroatoms. The molecule has 3 aromatic carbocycles. The first-order valence-electron chi connectivity index (χ1n) is 11.5. The molecule has 0 saturated heterocycles. The maximum Gasteiger partial charge on any atom is 0.243 e. The number of hydrogen-bond donors (Lipinski definition) is 1. The molecule has 0 radical (unpaired) electrons. The van der Waals surface area contributed by atoms with E-state index in [4.69, 9.17) is 11.6 Å². The van der Waals surface area contributed by atoms with Crippen molar-refractivity contribution < 1.29 is 9.59 Å². The Balaban J connectivity index is 1.96. The van der Waals surface area contributed by atoms with E-state index in [-0.39, 0.29) is 24.3 Å². The molecule has 2 unspecified atom stereocenters. The van der Waals surface area contributed by atoms with Crippen molar-refractivity contribution in [2.45, 2.75) is 51.7 Å². The fourth-order valence-corrected chi connectivity index (χ4v) is 4.18. The highest BCUT2D eigenvalue weighted by Gasteiger charge is 2.31. The second-order valence-corrected chi connectivity index (χ2v) is 9.83. The number of halogens is 2. The second-order valence-electron chi connectivity index (χ2n) is 8.48. The van der Waals surface area contributed by atoms with Crippen molar-refractivity contribution in [1.29, 1.82) is 0 Å². The SMILES string of the molecule is CCC(C)NC(=O)C(Cc1ccccc1)N(Cc1ccc(Br)cc1)C(=O)Cc1cccc(Cl)c1. The molecule has 178 valence electrons. The van der Waals surface area contributed by atoms with E-state index < -0.39 is 6.04 Å². The fourth-order valence-electron chi connectivity index (χ4n) is 3.70. The van der Waals surface area contributed by atoms with Gasteiger partial charge in [0.05, 0.1) is 6.42 Å². The molecule has 3 aromatic rings. The monoisotopic (exact) mass is 540 g/mol. The average Bonchev–Trinajstić information content (AvgIpc) is 2.83. The number of nitrogens with one attached hydrogen (secondary N) is 1. The van der Waals surface area contributed by atoms with Crippen molar-refractivity contribution in [2.24, 2.45) is 0 Å². The Morgan fingerprint density at radius 3 is 2.26 bits per heavy atom. The predicted octanol–water partition coefficient (Wildman–Crippen LogP) is 6.20. The third-order valence-electron chi connectivity index (χ3n) is 5.78. The zero-order valence-corrected chi connectivity index (χ0v) is 21.9. The molecule has 4 nitrogen and oxygen atoms in total. The van der Waals surface area contributed by atoms with Gasteiger partial charge in [-0.15, -0.1) is 0 Å². The quantitative estimate of drug-likeness (QED) is 0.332. The summed E-state index contributed by atoms with van der Waals surface area (Å²) < 4.78 is 0.961. The standard InChI is InChI=1S/C28H30BrClN2O2/c1-3-20(2)31-28(34)26(17-21-8-5-4-6-9-21)32(19-22-12-14-24(29)15-13-22)27(33)18-23-10-7-11-25(30)16-23/h4-16,20,26H,3,17-19H2,1-2H3,(H,31,34). The molecule has 1 N–H and O–H groups in total. The summed E-state index contributed by atoms with van der Waals surface area (Å²) in [6.45, 7) is 4.34. The molecule has 0 fully saturated rings. The van der Waals surface area contributed by atoms with Gasteiger partial charge in [-0.25, -0.2) is 0 Å². The molecular weight excluding hydrogens is 512 g/mol. The number of carbonyl (C=O) groups is 2. The van der Waals surface area contributed by atoms with E-state index in [0.717, 1.165) is 27.6 Å². The van der Waals surface area contributed by atoms with Gasteiger partial charge in [0.25, 0.3) is 0 Å². The minimum absolute atomic E-state index is 0.0170. The van der Waals surface area contributed by atoms with Crippen LogP contribution in [0.1, 0.15) is 37.0 Å². The van der Waals surface area contributed by atoms with Crippen LogP contribution in [0.5, 0.6) is 0 Å². The van der Waals surface area contributed by atoms with Gasteiger partial charge < -0.3 is 10.2 Å². The van der Waals surface area contributed by atoms with E-state index >= 15 is 0 Å². The molecule has 0 bridgehead atoms. The third kappa shape index (κ3) is 7.71. The number of hydrogen-bond acceptors (Lipinski definition) is 2. The van der Waals surface area contributed by atoms with E-state index in [2.05, 4.69) is 21.2 Å². The Morgan fingerprint density at radius 2 is 1.62 bits per heavy atom. The fraction of sp³-hybridized carbons (Fsp3) is 0.286. The lowest BCUT2D eigenvalue weighted by Crippen LogP contribution is -2.52. The highest BCUT2D eigenvalue weighted by atomic mass is 79.9. The highest BCUT2D eigenvalue weighted by molar-refractivity contribution is 9.10. The first kappa shape index (κ1) is 26.0. The Kier molecular flexibility index (Phi) is 9.73. The van der Waals surface area contributed by atoms with Gasteiger partial charge in [0.1, 0.15) is 6.04 Å². The molecule has 0 aliphatic heterocycles. The van der Waals surface area contributed by atoms with Gasteiger partial charge >= 0.3 is 0 Å². The smallest absolute Gasteiger partial charge is 0.243 e. The molecule has 3 rings (SSSR count). The number of carbonyl (C=O) groups excluding carboxylic acids is 2. The number of rotatable bonds is 10. The Labute approximate surface area is 215 Å². The summed E-state index contributed by atoms with van der Waals surface area (Å²) in [5.74, 6) is -0.264. The molecule has 0 spiro atoms. The molecule has 0 saturated carbocycles. The van der Waals surface area contributed by atoms with Crippen molar-refractivity contribution in [3.8, 4) is 0 Å². The van der Waals surface area contributed by atoms with Gasteiger partial charge in [0.2, 0.25) is 11.8 Å². The first-order chi connectivity index (χ1) is 16.4. The van der Waals surface area contributed by atoms with Gasteiger partial charge in [-0.2, -0.15) is 0 Å². The lowest BCUT2D eigenvalue weighted by molar-refractivity contribution is -0.141. The summed E-state index contributed by atoms with van der Waals surface area (Å²) in [4.78, 5) is 28.9. The minimum atomic E-state index is -0.647. The molecule has 0 aliphatic rings. The molecule has 2 amide bonds. The lowest BCUT2D eigenvalue weighted by atomic mass is 10.0. The first-order valence-corrected chi connectivity index (χ1v) is 12.7. The van der Waals surface area contributed by atoms with Crippen molar-refractivity contribution in [2.75, 3.05) is 0 Å². The topological polar surface area (TPSA) is 49.4 Å². The van der Waals surface area contributed by atoms with Gasteiger partial charge in [0, 0.05) is 28.5 Å². The van der Waals surface area contributed by atoms with Crippen molar-refractivity contribution in [3.63, 3.8) is 0 Å². The molecule has 0 aliphatic carbocycles. The maximum atomic E-state index is 13.7. The summed E-state index contributed by atoms with van der Waals surface area (Å²) in [5, 5.41) is 3.68. The predicted molar refractivity (Wildman–Crippen MR) is 142 cm³/mol. The van der Waals surface area contributed by atoms with Crippen LogP contribution >= 0.6 is 27.5 Å². The van der Waals surface area contributed by atoms with Gasteiger partial charge in [-0.05, 0) is 54.3 Å². The van der Waals surface area contributed by atoms with Crippen LogP contribution in [0.3, 0.4) is 0 Å². The van der Waals surface area contributed by atoms with Crippen LogP contribution in [0.2, 0.25) is 5.02 Å². The van der Waals surface area contributed by atoms with Gasteiger partial charge in [-0.3, -0.25) is 9.59 Å². The summed E-state index contributed by atoms with van der Waals surface area (Å²) in [5.41, 5.74) is 2.78. The van der Waals surface area contributed by atoms with Gasteiger partial charge in [0.15, 0.2) is 0 Å². The average molecular weight is 542 g/mol. The van der Waals surface area contributed by atoms with Crippen LogP contribution < -0.4 is 5.32 Å². The maximum absolute atomic E-state index is 13.7. The van der Waals surface area contributed by atoms with Crippen molar-refractivity contribution in [1.82, 2.24) is 10.2 Å². The van der Waals surface area contributed by atoms with Crippen molar-refractivity contribution >= 4 is 39.3 Å². The summed E-state index contributed by atoms with van der Waals surface area (Å²) in [6, 6.07) is 24.3. The Hall–Kier alpha value is -2.63. The third-order valence-corrected chi connectivity index (χ3v) is 6.55. The van der Waals surface area contributed by atoms with E-state index in [1.54, 1.807) is 17.0 Å².